The van der Waals surface area contributed by atoms with Crippen molar-refractivity contribution in [3.63, 3.8) is 0 Å². The van der Waals surface area contributed by atoms with Gasteiger partial charge in [-0.3, -0.25) is 0 Å². The van der Waals surface area contributed by atoms with Crippen molar-refractivity contribution in [3.05, 3.63) is 58.7 Å². The summed E-state index contributed by atoms with van der Waals surface area (Å²) in [7, 11) is 0. The largest absolute Gasteiger partial charge is 0.493 e. The number of halogens is 4. The van der Waals surface area contributed by atoms with E-state index in [1.54, 1.807) is 13.0 Å². The van der Waals surface area contributed by atoms with Crippen molar-refractivity contribution in [1.29, 1.82) is 0 Å². The highest BCUT2D eigenvalue weighted by atomic mass is 19.3. The highest BCUT2D eigenvalue weighted by Gasteiger charge is 2.50. The number of fused-ring (bicyclic) bond motifs is 3. The summed E-state index contributed by atoms with van der Waals surface area (Å²) >= 11 is 0. The molecule has 4 rings (SSSR count). The third kappa shape index (κ3) is 2.61. The van der Waals surface area contributed by atoms with E-state index in [9.17, 15) is 4.39 Å². The van der Waals surface area contributed by atoms with Crippen molar-refractivity contribution in [1.82, 2.24) is 0 Å². The zero-order valence-corrected chi connectivity index (χ0v) is 14.9. The fourth-order valence-corrected chi connectivity index (χ4v) is 3.63. The maximum Gasteiger partial charge on any atom is 0.305 e. The molecule has 0 radical (unpaired) electrons. The van der Waals surface area contributed by atoms with Crippen LogP contribution in [0.4, 0.5) is 17.6 Å². The average molecular weight is 378 g/mol. The molecule has 2 nitrogen and oxygen atoms in total. The van der Waals surface area contributed by atoms with Crippen LogP contribution in [0.15, 0.2) is 30.3 Å². The van der Waals surface area contributed by atoms with E-state index in [1.165, 1.54) is 24.3 Å². The van der Waals surface area contributed by atoms with Crippen LogP contribution < -0.4 is 4.74 Å². The zero-order valence-electron chi connectivity index (χ0n) is 14.9. The minimum absolute atomic E-state index is 0.0111. The lowest BCUT2D eigenvalue weighted by Gasteiger charge is -2.22. The van der Waals surface area contributed by atoms with E-state index in [1.807, 2.05) is 6.92 Å². The third-order valence-corrected chi connectivity index (χ3v) is 4.96. The van der Waals surface area contributed by atoms with E-state index in [4.69, 9.17) is 9.47 Å². The summed E-state index contributed by atoms with van der Waals surface area (Å²) in [5.41, 5.74) is -1.72. The molecule has 0 spiro atoms. The van der Waals surface area contributed by atoms with Crippen LogP contribution >= 0.6 is 0 Å². The van der Waals surface area contributed by atoms with Gasteiger partial charge in [0, 0.05) is 0 Å². The number of alkyl halides is 2. The molecule has 0 aromatic heterocycles. The first-order valence-electron chi connectivity index (χ1n) is 8.86. The maximum absolute atomic E-state index is 15.1. The molecule has 2 aromatic carbocycles. The van der Waals surface area contributed by atoms with Gasteiger partial charge in [0.2, 0.25) is 0 Å². The molecule has 1 atom stereocenters. The van der Waals surface area contributed by atoms with Crippen molar-refractivity contribution >= 4 is 5.76 Å². The summed E-state index contributed by atoms with van der Waals surface area (Å²) in [6, 6.07) is 5.45. The van der Waals surface area contributed by atoms with E-state index in [2.05, 4.69) is 0 Å². The summed E-state index contributed by atoms with van der Waals surface area (Å²) in [6.45, 7) is 4.14. The van der Waals surface area contributed by atoms with Gasteiger partial charge in [-0.1, -0.05) is 13.0 Å². The van der Waals surface area contributed by atoms with E-state index in [0.717, 1.165) is 0 Å². The summed E-state index contributed by atoms with van der Waals surface area (Å²) in [4.78, 5) is 0. The van der Waals surface area contributed by atoms with Gasteiger partial charge in [0.15, 0.2) is 11.6 Å². The first-order valence-corrected chi connectivity index (χ1v) is 8.86. The van der Waals surface area contributed by atoms with Crippen LogP contribution in [0.3, 0.4) is 0 Å². The average Bonchev–Trinajstić information content (AvgIpc) is 2.87. The number of hydrogen-bond acceptors (Lipinski definition) is 2. The SMILES string of the molecule is CCOc1ccc2c(c1F)C(F)(F)c1c-2ccc(C2=CCC(C)CO2)c1F. The molecule has 0 fully saturated rings. The molecule has 6 heteroatoms. The first-order chi connectivity index (χ1) is 12.9. The summed E-state index contributed by atoms with van der Waals surface area (Å²) in [5, 5.41) is 0. The van der Waals surface area contributed by atoms with Gasteiger partial charge in [0.05, 0.1) is 29.9 Å². The number of ether oxygens (including phenoxy) is 2. The number of benzene rings is 2. The molecule has 1 aliphatic carbocycles. The molecule has 1 heterocycles. The second-order valence-corrected chi connectivity index (χ2v) is 6.88. The van der Waals surface area contributed by atoms with Gasteiger partial charge in [0.1, 0.15) is 11.6 Å². The molecule has 142 valence electrons. The lowest BCUT2D eigenvalue weighted by atomic mass is 9.98. The van der Waals surface area contributed by atoms with E-state index >= 15 is 13.2 Å². The molecule has 0 amide bonds. The predicted molar refractivity (Wildman–Crippen MR) is 93.7 cm³/mol. The minimum atomic E-state index is -3.80. The molecule has 1 unspecified atom stereocenters. The second-order valence-electron chi connectivity index (χ2n) is 6.88. The van der Waals surface area contributed by atoms with E-state index in [-0.39, 0.29) is 40.7 Å². The van der Waals surface area contributed by atoms with Gasteiger partial charge >= 0.3 is 5.92 Å². The molecule has 0 bridgehead atoms. The van der Waals surface area contributed by atoms with Crippen molar-refractivity contribution in [2.75, 3.05) is 13.2 Å². The van der Waals surface area contributed by atoms with Crippen LogP contribution in [0.2, 0.25) is 0 Å². The van der Waals surface area contributed by atoms with Crippen molar-refractivity contribution in [2.24, 2.45) is 5.92 Å². The fraction of sp³-hybridized carbons (Fsp3) is 0.333. The van der Waals surface area contributed by atoms with Gasteiger partial charge in [-0.05, 0) is 54.7 Å². The Kier molecular flexibility index (Phi) is 4.17. The monoisotopic (exact) mass is 378 g/mol. The third-order valence-electron chi connectivity index (χ3n) is 4.96. The molecule has 0 N–H and O–H groups in total. The minimum Gasteiger partial charge on any atom is -0.493 e. The number of rotatable bonds is 3. The molecule has 2 aliphatic rings. The smallest absolute Gasteiger partial charge is 0.305 e. The van der Waals surface area contributed by atoms with Gasteiger partial charge in [0.25, 0.3) is 0 Å². The topological polar surface area (TPSA) is 18.5 Å². The van der Waals surface area contributed by atoms with Gasteiger partial charge in [-0.2, -0.15) is 8.78 Å². The molecule has 0 saturated carbocycles. The lowest BCUT2D eigenvalue weighted by Crippen LogP contribution is -2.17. The Hall–Kier alpha value is -2.50. The van der Waals surface area contributed by atoms with Gasteiger partial charge < -0.3 is 9.47 Å². The normalized spacial score (nSPS) is 19.8. The fourth-order valence-electron chi connectivity index (χ4n) is 3.63. The molecular weight excluding hydrogens is 360 g/mol. The van der Waals surface area contributed by atoms with Crippen LogP contribution in [0, 0.1) is 17.6 Å². The Balaban J connectivity index is 1.88. The van der Waals surface area contributed by atoms with Crippen LogP contribution in [0.1, 0.15) is 37.0 Å². The Morgan fingerprint density at radius 1 is 1.04 bits per heavy atom. The van der Waals surface area contributed by atoms with Crippen LogP contribution in [0.25, 0.3) is 16.9 Å². The Morgan fingerprint density at radius 3 is 2.30 bits per heavy atom. The second kappa shape index (κ2) is 6.29. The Labute approximate surface area is 154 Å². The molecule has 0 saturated heterocycles. The standard InChI is InChI=1S/C21H18F4O2/c1-3-26-16-9-7-13-12-5-6-14(15-8-4-11(2)10-27-15)19(22)17(12)21(24,25)18(13)20(16)23/h5-9,11H,3-4,10H2,1-2H3. The highest BCUT2D eigenvalue weighted by Crippen LogP contribution is 2.55. The quantitative estimate of drug-likeness (QED) is 0.621. The van der Waals surface area contributed by atoms with Crippen LogP contribution in [0.5, 0.6) is 5.75 Å². The van der Waals surface area contributed by atoms with Gasteiger partial charge in [-0.25, -0.2) is 8.78 Å². The summed E-state index contributed by atoms with van der Waals surface area (Å²) in [5.74, 6) is -5.77. The molecule has 27 heavy (non-hydrogen) atoms. The first kappa shape index (κ1) is 17.9. The highest BCUT2D eigenvalue weighted by molar-refractivity contribution is 5.82. The van der Waals surface area contributed by atoms with Crippen molar-refractivity contribution in [3.8, 4) is 16.9 Å². The van der Waals surface area contributed by atoms with E-state index in [0.29, 0.717) is 13.0 Å². The molecule has 1 aliphatic heterocycles. The van der Waals surface area contributed by atoms with Crippen LogP contribution in [-0.2, 0) is 10.7 Å². The summed E-state index contributed by atoms with van der Waals surface area (Å²) < 4.78 is 70.6. The molecular formula is C21H18F4O2. The lowest BCUT2D eigenvalue weighted by molar-refractivity contribution is 0.0397. The Bertz CT molecular complexity index is 950. The zero-order chi connectivity index (χ0) is 19.3. The van der Waals surface area contributed by atoms with Crippen LogP contribution in [-0.4, -0.2) is 13.2 Å². The molecule has 2 aromatic rings. The summed E-state index contributed by atoms with van der Waals surface area (Å²) in [6.07, 6.45) is 2.38. The number of hydrogen-bond donors (Lipinski definition) is 0. The predicted octanol–water partition coefficient (Wildman–Crippen LogP) is 5.88. The van der Waals surface area contributed by atoms with Crippen molar-refractivity contribution in [2.45, 2.75) is 26.2 Å². The number of allylic oxidation sites excluding steroid dienone is 1. The van der Waals surface area contributed by atoms with Crippen molar-refractivity contribution < 1.29 is 27.0 Å². The Morgan fingerprint density at radius 2 is 1.67 bits per heavy atom. The maximum atomic E-state index is 15.1. The van der Waals surface area contributed by atoms with E-state index < -0.39 is 28.7 Å². The van der Waals surface area contributed by atoms with Gasteiger partial charge in [-0.15, -0.1) is 0 Å².